The van der Waals surface area contributed by atoms with Crippen LogP contribution in [-0.2, 0) is 22.7 Å². The Hall–Kier alpha value is -3.00. The summed E-state index contributed by atoms with van der Waals surface area (Å²) >= 11 is 0. The largest absolute Gasteiger partial charge is 0.457 e. The van der Waals surface area contributed by atoms with E-state index in [4.69, 9.17) is 4.74 Å². The summed E-state index contributed by atoms with van der Waals surface area (Å²) in [7, 11) is -3.22. The molecule has 28 heavy (non-hydrogen) atoms. The molecule has 1 N–H and O–H groups in total. The van der Waals surface area contributed by atoms with Gasteiger partial charge in [0.1, 0.15) is 11.5 Å². The van der Waals surface area contributed by atoms with Gasteiger partial charge >= 0.3 is 0 Å². The lowest BCUT2D eigenvalue weighted by Gasteiger charge is -2.09. The summed E-state index contributed by atoms with van der Waals surface area (Å²) in [6.45, 7) is 4.08. The lowest BCUT2D eigenvalue weighted by atomic mass is 10.2. The maximum atomic E-state index is 11.5. The third-order valence-corrected chi connectivity index (χ3v) is 5.24. The molecule has 1 heterocycles. The molecule has 3 aromatic rings. The summed E-state index contributed by atoms with van der Waals surface area (Å²) in [6.07, 6.45) is 2.78. The zero-order chi connectivity index (χ0) is 20.1. The van der Waals surface area contributed by atoms with Crippen molar-refractivity contribution >= 4 is 21.5 Å². The number of ether oxygens (including phenoxy) is 1. The normalized spacial score (nSPS) is 11.2. The maximum Gasteiger partial charge on any atom is 0.247 e. The van der Waals surface area contributed by atoms with Crippen LogP contribution >= 0.6 is 0 Å². The number of nitrogens with zero attached hydrogens (tertiary/aromatic N) is 3. The summed E-state index contributed by atoms with van der Waals surface area (Å²) in [6, 6.07) is 13.6. The van der Waals surface area contributed by atoms with Crippen LogP contribution in [0.5, 0.6) is 11.5 Å². The van der Waals surface area contributed by atoms with Gasteiger partial charge in [0.05, 0.1) is 16.3 Å². The first kappa shape index (κ1) is 19.8. The van der Waals surface area contributed by atoms with Gasteiger partial charge in [0.15, 0.2) is 9.84 Å². The Morgan fingerprint density at radius 1 is 0.857 bits per heavy atom. The minimum Gasteiger partial charge on any atom is -0.457 e. The molecule has 0 aliphatic rings. The van der Waals surface area contributed by atoms with Crippen molar-refractivity contribution in [2.45, 2.75) is 31.6 Å². The Labute approximate surface area is 164 Å². The summed E-state index contributed by atoms with van der Waals surface area (Å²) in [5.74, 6) is 1.65. The fourth-order valence-electron chi connectivity index (χ4n) is 2.62. The van der Waals surface area contributed by atoms with Crippen LogP contribution in [-0.4, -0.2) is 29.9 Å². The molecule has 8 heteroatoms. The quantitative estimate of drug-likeness (QED) is 0.644. The number of sulfone groups is 1. The number of hydrogen-bond donors (Lipinski definition) is 1. The van der Waals surface area contributed by atoms with Crippen LogP contribution in [0, 0.1) is 0 Å². The number of rotatable bonds is 7. The molecule has 0 spiro atoms. The van der Waals surface area contributed by atoms with Gasteiger partial charge in [-0.15, -0.1) is 10.2 Å². The van der Waals surface area contributed by atoms with Crippen LogP contribution in [0.25, 0.3) is 0 Å². The summed E-state index contributed by atoms with van der Waals surface area (Å²) in [5.41, 5.74) is 2.67. The van der Waals surface area contributed by atoms with E-state index in [0.29, 0.717) is 17.4 Å². The third-order valence-electron chi connectivity index (χ3n) is 4.11. The predicted octanol–water partition coefficient (Wildman–Crippen LogP) is 3.94. The lowest BCUT2D eigenvalue weighted by Crippen LogP contribution is -2.06. The number of nitrogens with one attached hydrogen (secondary N) is 1. The topological polar surface area (TPSA) is 94.1 Å². The monoisotopic (exact) mass is 398 g/mol. The van der Waals surface area contributed by atoms with Crippen LogP contribution in [0.4, 0.5) is 11.6 Å². The molecular weight excluding hydrogens is 376 g/mol. The minimum atomic E-state index is -3.22. The van der Waals surface area contributed by atoms with Crippen LogP contribution in [0.1, 0.15) is 25.2 Å². The number of anilines is 2. The SMILES string of the molecule is CCc1nnc(Nc2ccc(Oc3ccc(S(C)(=O)=O)cc3)cc2)nc1CC. The van der Waals surface area contributed by atoms with E-state index in [-0.39, 0.29) is 4.90 Å². The molecule has 0 aliphatic heterocycles. The molecule has 146 valence electrons. The fraction of sp³-hybridized carbons (Fsp3) is 0.250. The standard InChI is InChI=1S/C20H22N4O3S/c1-4-18-19(5-2)23-24-20(22-18)21-14-6-8-15(9-7-14)27-16-10-12-17(13-11-16)28(3,25)26/h6-13H,4-5H2,1-3H3,(H,21,22,24). The molecule has 0 saturated heterocycles. The van der Waals surface area contributed by atoms with E-state index in [0.717, 1.165) is 29.9 Å². The highest BCUT2D eigenvalue weighted by atomic mass is 32.2. The minimum absolute atomic E-state index is 0.258. The van der Waals surface area contributed by atoms with Gasteiger partial charge in [0, 0.05) is 11.9 Å². The van der Waals surface area contributed by atoms with E-state index < -0.39 is 9.84 Å². The zero-order valence-corrected chi connectivity index (χ0v) is 16.8. The molecule has 0 unspecified atom stereocenters. The predicted molar refractivity (Wildman–Crippen MR) is 108 cm³/mol. The van der Waals surface area contributed by atoms with Crippen LogP contribution in [0.2, 0.25) is 0 Å². The van der Waals surface area contributed by atoms with Gasteiger partial charge in [0.25, 0.3) is 0 Å². The van der Waals surface area contributed by atoms with Crippen LogP contribution < -0.4 is 10.1 Å². The van der Waals surface area contributed by atoms with E-state index >= 15 is 0 Å². The van der Waals surface area contributed by atoms with Gasteiger partial charge in [-0.2, -0.15) is 0 Å². The molecule has 2 aromatic carbocycles. The van der Waals surface area contributed by atoms with Gasteiger partial charge in [-0.25, -0.2) is 13.4 Å². The Kier molecular flexibility index (Phi) is 5.89. The Morgan fingerprint density at radius 2 is 1.43 bits per heavy atom. The number of hydrogen-bond acceptors (Lipinski definition) is 7. The Balaban J connectivity index is 1.68. The van der Waals surface area contributed by atoms with E-state index in [2.05, 4.69) is 20.5 Å². The van der Waals surface area contributed by atoms with Crippen LogP contribution in [0.3, 0.4) is 0 Å². The Morgan fingerprint density at radius 3 is 1.96 bits per heavy atom. The zero-order valence-electron chi connectivity index (χ0n) is 16.0. The first-order chi connectivity index (χ1) is 13.4. The lowest BCUT2D eigenvalue weighted by molar-refractivity contribution is 0.482. The molecular formula is C20H22N4O3S. The molecule has 0 amide bonds. The molecule has 1 aromatic heterocycles. The van der Waals surface area contributed by atoms with Crippen molar-refractivity contribution in [2.75, 3.05) is 11.6 Å². The van der Waals surface area contributed by atoms with Gasteiger partial charge < -0.3 is 10.1 Å². The van der Waals surface area contributed by atoms with Crippen molar-refractivity contribution < 1.29 is 13.2 Å². The Bertz CT molecular complexity index is 1050. The highest BCUT2D eigenvalue weighted by Gasteiger charge is 2.08. The molecule has 0 aliphatic carbocycles. The van der Waals surface area contributed by atoms with E-state index in [1.54, 1.807) is 24.3 Å². The summed E-state index contributed by atoms with van der Waals surface area (Å²) in [5, 5.41) is 11.5. The van der Waals surface area contributed by atoms with Gasteiger partial charge in [0.2, 0.25) is 5.95 Å². The van der Waals surface area contributed by atoms with Gasteiger partial charge in [-0.3, -0.25) is 0 Å². The highest BCUT2D eigenvalue weighted by molar-refractivity contribution is 7.90. The summed E-state index contributed by atoms with van der Waals surface area (Å²) < 4.78 is 28.8. The molecule has 3 rings (SSSR count). The maximum absolute atomic E-state index is 11.5. The second kappa shape index (κ2) is 8.35. The smallest absolute Gasteiger partial charge is 0.247 e. The molecule has 0 fully saturated rings. The number of aromatic nitrogens is 3. The van der Waals surface area contributed by atoms with Crippen LogP contribution in [0.15, 0.2) is 53.4 Å². The number of benzene rings is 2. The van der Waals surface area contributed by atoms with Crippen molar-refractivity contribution in [3.8, 4) is 11.5 Å². The summed E-state index contributed by atoms with van der Waals surface area (Å²) in [4.78, 5) is 4.77. The fourth-order valence-corrected chi connectivity index (χ4v) is 3.25. The van der Waals surface area contributed by atoms with Gasteiger partial charge in [-0.05, 0) is 61.4 Å². The van der Waals surface area contributed by atoms with Crippen molar-refractivity contribution in [3.05, 3.63) is 59.9 Å². The molecule has 0 bridgehead atoms. The van der Waals surface area contributed by atoms with Crippen molar-refractivity contribution in [2.24, 2.45) is 0 Å². The molecule has 0 radical (unpaired) electrons. The second-order valence-corrected chi connectivity index (χ2v) is 8.25. The number of aryl methyl sites for hydroxylation is 2. The van der Waals surface area contributed by atoms with Crippen molar-refractivity contribution in [1.29, 1.82) is 0 Å². The molecule has 0 atom stereocenters. The average Bonchev–Trinajstić information content (AvgIpc) is 2.69. The van der Waals surface area contributed by atoms with E-state index in [9.17, 15) is 8.42 Å². The van der Waals surface area contributed by atoms with Crippen molar-refractivity contribution in [1.82, 2.24) is 15.2 Å². The van der Waals surface area contributed by atoms with E-state index in [1.807, 2.05) is 26.0 Å². The van der Waals surface area contributed by atoms with Crippen molar-refractivity contribution in [3.63, 3.8) is 0 Å². The first-order valence-corrected chi connectivity index (χ1v) is 10.9. The highest BCUT2D eigenvalue weighted by Crippen LogP contribution is 2.25. The molecule has 0 saturated carbocycles. The first-order valence-electron chi connectivity index (χ1n) is 8.96. The third kappa shape index (κ3) is 4.83. The van der Waals surface area contributed by atoms with Gasteiger partial charge in [-0.1, -0.05) is 13.8 Å². The van der Waals surface area contributed by atoms with E-state index in [1.165, 1.54) is 18.4 Å². The molecule has 7 nitrogen and oxygen atoms in total. The second-order valence-electron chi connectivity index (χ2n) is 6.23. The average molecular weight is 398 g/mol.